The number of sulfonamides is 1. The molecule has 0 aliphatic rings. The van der Waals surface area contributed by atoms with Crippen LogP contribution in [0.2, 0.25) is 0 Å². The van der Waals surface area contributed by atoms with E-state index in [1.54, 1.807) is 20.9 Å². The summed E-state index contributed by atoms with van der Waals surface area (Å²) in [5, 5.41) is 13.1. The third-order valence-corrected chi connectivity index (χ3v) is 5.70. The van der Waals surface area contributed by atoms with E-state index in [1.807, 2.05) is 13.8 Å². The fraction of sp³-hybridized carbons (Fsp3) is 0.750. The second kappa shape index (κ2) is 6.02. The van der Waals surface area contributed by atoms with E-state index in [9.17, 15) is 8.42 Å². The van der Waals surface area contributed by atoms with Crippen molar-refractivity contribution in [2.45, 2.75) is 51.6 Å². The highest BCUT2D eigenvalue weighted by atomic mass is 32.2. The van der Waals surface area contributed by atoms with Gasteiger partial charge in [-0.3, -0.25) is 4.68 Å². The Morgan fingerprint density at radius 2 is 2.00 bits per heavy atom. The van der Waals surface area contributed by atoms with Crippen molar-refractivity contribution in [1.82, 2.24) is 14.1 Å². The first-order chi connectivity index (χ1) is 8.77. The lowest BCUT2D eigenvalue weighted by atomic mass is 10.3. The quantitative estimate of drug-likeness (QED) is 0.844. The van der Waals surface area contributed by atoms with Crippen molar-refractivity contribution < 1.29 is 13.5 Å². The molecular weight excluding hydrogens is 266 g/mol. The minimum Gasteiger partial charge on any atom is -0.394 e. The van der Waals surface area contributed by atoms with E-state index in [2.05, 4.69) is 5.10 Å². The van der Waals surface area contributed by atoms with Crippen molar-refractivity contribution in [2.75, 3.05) is 13.7 Å². The summed E-state index contributed by atoms with van der Waals surface area (Å²) in [6.07, 6.45) is 0.749. The van der Waals surface area contributed by atoms with Crippen molar-refractivity contribution >= 4 is 10.0 Å². The molecule has 0 aliphatic heterocycles. The smallest absolute Gasteiger partial charge is 0.246 e. The molecule has 0 fully saturated rings. The monoisotopic (exact) mass is 289 g/mol. The van der Waals surface area contributed by atoms with Gasteiger partial charge in [0.2, 0.25) is 10.0 Å². The summed E-state index contributed by atoms with van der Waals surface area (Å²) in [6, 6.07) is -0.0648. The number of aromatic nitrogens is 2. The fourth-order valence-corrected chi connectivity index (χ4v) is 3.81. The molecule has 1 rings (SSSR count). The number of rotatable bonds is 6. The lowest BCUT2D eigenvalue weighted by molar-refractivity contribution is 0.267. The van der Waals surface area contributed by atoms with E-state index in [4.69, 9.17) is 5.11 Å². The van der Waals surface area contributed by atoms with Gasteiger partial charge in [-0.25, -0.2) is 8.42 Å². The molecule has 0 aromatic carbocycles. The zero-order valence-corrected chi connectivity index (χ0v) is 13.0. The summed E-state index contributed by atoms with van der Waals surface area (Å²) in [5.41, 5.74) is 1.04. The molecule has 0 saturated carbocycles. The average Bonchev–Trinajstić information content (AvgIpc) is 2.63. The number of hydrogen-bond acceptors (Lipinski definition) is 4. The molecule has 1 aromatic rings. The van der Waals surface area contributed by atoms with Crippen LogP contribution in [0.1, 0.15) is 31.7 Å². The number of hydrogen-bond donors (Lipinski definition) is 1. The molecule has 1 N–H and O–H groups in total. The molecule has 6 nitrogen and oxygen atoms in total. The Balaban J connectivity index is 3.29. The number of aliphatic hydroxyl groups is 1. The Hall–Kier alpha value is -0.920. The largest absolute Gasteiger partial charge is 0.394 e. The molecule has 0 aliphatic carbocycles. The summed E-state index contributed by atoms with van der Waals surface area (Å²) >= 11 is 0. The van der Waals surface area contributed by atoms with Gasteiger partial charge >= 0.3 is 0 Å². The first kappa shape index (κ1) is 16.1. The topological polar surface area (TPSA) is 75.4 Å². The first-order valence-electron chi connectivity index (χ1n) is 6.40. The molecule has 0 amide bonds. The molecule has 0 radical (unpaired) electrons. The molecule has 0 spiro atoms. The Bertz CT molecular complexity index is 537. The minimum atomic E-state index is -3.54. The first-order valence-corrected chi connectivity index (χ1v) is 7.84. The van der Waals surface area contributed by atoms with Gasteiger partial charge in [-0.15, -0.1) is 0 Å². The van der Waals surface area contributed by atoms with E-state index >= 15 is 0 Å². The third kappa shape index (κ3) is 2.98. The maximum Gasteiger partial charge on any atom is 0.246 e. The maximum atomic E-state index is 12.6. The average molecular weight is 289 g/mol. The Morgan fingerprint density at radius 3 is 2.47 bits per heavy atom. The van der Waals surface area contributed by atoms with Gasteiger partial charge in [0.1, 0.15) is 4.90 Å². The van der Waals surface area contributed by atoms with E-state index < -0.39 is 10.0 Å². The van der Waals surface area contributed by atoms with Crippen LogP contribution in [-0.4, -0.2) is 47.3 Å². The molecular formula is C12H23N3O3S. The second-order valence-electron chi connectivity index (χ2n) is 4.73. The summed E-state index contributed by atoms with van der Waals surface area (Å²) < 4.78 is 28.1. The normalized spacial score (nSPS) is 14.1. The predicted octanol–water partition coefficient (Wildman–Crippen LogP) is 0.911. The van der Waals surface area contributed by atoms with Gasteiger partial charge in [0.25, 0.3) is 0 Å². The van der Waals surface area contributed by atoms with Crippen molar-refractivity contribution in [1.29, 1.82) is 0 Å². The van der Waals surface area contributed by atoms with Crippen LogP contribution in [0.25, 0.3) is 0 Å². The molecule has 1 heterocycles. The highest BCUT2D eigenvalue weighted by Crippen LogP contribution is 2.24. The van der Waals surface area contributed by atoms with Crippen molar-refractivity contribution in [3.8, 4) is 0 Å². The zero-order chi connectivity index (χ0) is 14.8. The number of aliphatic hydroxyl groups excluding tert-OH is 1. The summed E-state index contributed by atoms with van der Waals surface area (Å²) in [7, 11) is -1.95. The van der Waals surface area contributed by atoms with Crippen LogP contribution < -0.4 is 0 Å². The second-order valence-corrected chi connectivity index (χ2v) is 6.66. The molecule has 0 saturated heterocycles. The third-order valence-electron chi connectivity index (χ3n) is 3.48. The van der Waals surface area contributed by atoms with E-state index in [0.29, 0.717) is 17.9 Å². The van der Waals surface area contributed by atoms with Gasteiger partial charge in [-0.05, 0) is 27.2 Å². The Kier molecular flexibility index (Phi) is 5.11. The summed E-state index contributed by atoms with van der Waals surface area (Å²) in [6.45, 7) is 7.45. The molecule has 110 valence electrons. The molecule has 0 bridgehead atoms. The van der Waals surface area contributed by atoms with E-state index in [1.165, 1.54) is 8.99 Å². The van der Waals surface area contributed by atoms with Crippen molar-refractivity contribution in [3.05, 3.63) is 11.4 Å². The van der Waals surface area contributed by atoms with Crippen molar-refractivity contribution in [2.24, 2.45) is 0 Å². The molecule has 1 aromatic heterocycles. The zero-order valence-electron chi connectivity index (χ0n) is 12.2. The van der Waals surface area contributed by atoms with Crippen LogP contribution in [-0.2, 0) is 16.6 Å². The molecule has 7 heteroatoms. The van der Waals surface area contributed by atoms with Crippen LogP contribution in [0, 0.1) is 13.8 Å². The number of nitrogens with zero attached hydrogens (tertiary/aromatic N) is 3. The van der Waals surface area contributed by atoms with Crippen LogP contribution in [0.15, 0.2) is 4.90 Å². The van der Waals surface area contributed by atoms with Gasteiger partial charge in [-0.1, -0.05) is 6.92 Å². The highest BCUT2D eigenvalue weighted by molar-refractivity contribution is 7.89. The Morgan fingerprint density at radius 1 is 1.42 bits per heavy atom. The van der Waals surface area contributed by atoms with Gasteiger partial charge in [-0.2, -0.15) is 9.40 Å². The van der Waals surface area contributed by atoms with Gasteiger partial charge in [0.05, 0.1) is 24.5 Å². The van der Waals surface area contributed by atoms with Crippen LogP contribution >= 0.6 is 0 Å². The van der Waals surface area contributed by atoms with E-state index in [-0.39, 0.29) is 17.5 Å². The molecule has 1 atom stereocenters. The lowest BCUT2D eigenvalue weighted by Crippen LogP contribution is -2.35. The van der Waals surface area contributed by atoms with Gasteiger partial charge in [0.15, 0.2) is 0 Å². The molecule has 1 unspecified atom stereocenters. The maximum absolute atomic E-state index is 12.6. The standard InChI is InChI=1S/C12H23N3O3S/c1-6-9(2)14(5)19(17,18)12-10(3)13-15(7-8-16)11(12)4/h9,16H,6-8H2,1-5H3. The van der Waals surface area contributed by atoms with Crippen LogP contribution in [0.3, 0.4) is 0 Å². The van der Waals surface area contributed by atoms with Crippen LogP contribution in [0.5, 0.6) is 0 Å². The van der Waals surface area contributed by atoms with Gasteiger partial charge < -0.3 is 5.11 Å². The molecule has 19 heavy (non-hydrogen) atoms. The minimum absolute atomic E-state index is 0.0648. The highest BCUT2D eigenvalue weighted by Gasteiger charge is 2.30. The predicted molar refractivity (Wildman–Crippen MR) is 73.5 cm³/mol. The van der Waals surface area contributed by atoms with Crippen molar-refractivity contribution in [3.63, 3.8) is 0 Å². The fourth-order valence-electron chi connectivity index (χ4n) is 2.00. The van der Waals surface area contributed by atoms with Crippen LogP contribution in [0.4, 0.5) is 0 Å². The summed E-state index contributed by atoms with van der Waals surface area (Å²) in [5.74, 6) is 0. The summed E-state index contributed by atoms with van der Waals surface area (Å²) in [4.78, 5) is 0.253. The Labute approximate surface area is 115 Å². The number of aryl methyl sites for hydroxylation is 1. The lowest BCUT2D eigenvalue weighted by Gasteiger charge is -2.23. The van der Waals surface area contributed by atoms with Gasteiger partial charge in [0, 0.05) is 13.1 Å². The SMILES string of the molecule is CCC(C)N(C)S(=O)(=O)c1c(C)nn(CCO)c1C. The van der Waals surface area contributed by atoms with E-state index in [0.717, 1.165) is 6.42 Å².